The Hall–Kier alpha value is -1.12. The largest absolute Gasteiger partial charge is 0.273 e. The van der Waals surface area contributed by atoms with E-state index in [4.69, 9.17) is 10.1 Å². The molecule has 0 saturated carbocycles. The second-order valence-electron chi connectivity index (χ2n) is 2.48. The van der Waals surface area contributed by atoms with Gasteiger partial charge in [0.25, 0.3) is 0 Å². The lowest BCUT2D eigenvalue weighted by atomic mass is 10.3. The van der Waals surface area contributed by atoms with Gasteiger partial charge in [-0.05, 0) is 25.4 Å². The standard InChI is InChI=1S/C8H11N3OS/c1-4-12-11(3)8-7(5-9)6(2)10-13-8/h4H2,1-3H3. The highest BCUT2D eigenvalue weighted by molar-refractivity contribution is 7.10. The summed E-state index contributed by atoms with van der Waals surface area (Å²) in [6.45, 7) is 4.30. The van der Waals surface area contributed by atoms with Crippen LogP contribution in [0.4, 0.5) is 5.00 Å². The summed E-state index contributed by atoms with van der Waals surface area (Å²) in [5.41, 5.74) is 1.36. The summed E-state index contributed by atoms with van der Waals surface area (Å²) < 4.78 is 4.09. The summed E-state index contributed by atoms with van der Waals surface area (Å²) >= 11 is 1.28. The average molecular weight is 197 g/mol. The highest BCUT2D eigenvalue weighted by Gasteiger charge is 2.13. The summed E-state index contributed by atoms with van der Waals surface area (Å²) in [5.74, 6) is 0. The van der Waals surface area contributed by atoms with Crippen LogP contribution in [0.5, 0.6) is 0 Å². The Morgan fingerprint density at radius 1 is 1.69 bits per heavy atom. The minimum absolute atomic E-state index is 0.582. The molecule has 4 nitrogen and oxygen atoms in total. The van der Waals surface area contributed by atoms with Crippen LogP contribution in [0.3, 0.4) is 0 Å². The first-order valence-corrected chi connectivity index (χ1v) is 4.71. The molecule has 0 aliphatic rings. The van der Waals surface area contributed by atoms with E-state index < -0.39 is 0 Å². The van der Waals surface area contributed by atoms with Crippen molar-refractivity contribution in [3.63, 3.8) is 0 Å². The molecule has 0 radical (unpaired) electrons. The zero-order chi connectivity index (χ0) is 9.84. The molecule has 1 aromatic heterocycles. The first-order valence-electron chi connectivity index (χ1n) is 3.93. The molecule has 1 rings (SSSR count). The summed E-state index contributed by atoms with van der Waals surface area (Å²) in [5, 5.41) is 11.2. The van der Waals surface area contributed by atoms with Crippen molar-refractivity contribution in [1.82, 2.24) is 4.37 Å². The quantitative estimate of drug-likeness (QED) is 0.692. The van der Waals surface area contributed by atoms with Crippen molar-refractivity contribution in [3.05, 3.63) is 11.3 Å². The van der Waals surface area contributed by atoms with Gasteiger partial charge in [0, 0.05) is 7.05 Å². The van der Waals surface area contributed by atoms with Crippen molar-refractivity contribution in [3.8, 4) is 6.07 Å². The minimum atomic E-state index is 0.582. The lowest BCUT2D eigenvalue weighted by Crippen LogP contribution is -2.17. The highest BCUT2D eigenvalue weighted by atomic mass is 32.1. The van der Waals surface area contributed by atoms with E-state index in [1.807, 2.05) is 13.8 Å². The number of aromatic nitrogens is 1. The number of rotatable bonds is 3. The maximum absolute atomic E-state index is 8.84. The van der Waals surface area contributed by atoms with Crippen LogP contribution in [0.2, 0.25) is 0 Å². The molecule has 0 aromatic carbocycles. The van der Waals surface area contributed by atoms with Gasteiger partial charge in [0.15, 0.2) is 5.00 Å². The topological polar surface area (TPSA) is 49.1 Å². The van der Waals surface area contributed by atoms with Crippen LogP contribution in [-0.4, -0.2) is 18.0 Å². The zero-order valence-corrected chi connectivity index (χ0v) is 8.68. The fraction of sp³-hybridized carbons (Fsp3) is 0.500. The Balaban J connectivity index is 2.95. The summed E-state index contributed by atoms with van der Waals surface area (Å²) in [7, 11) is 1.78. The van der Waals surface area contributed by atoms with Crippen LogP contribution < -0.4 is 5.06 Å². The third kappa shape index (κ3) is 1.97. The molecule has 0 spiro atoms. The number of nitrogens with zero attached hydrogens (tertiary/aromatic N) is 3. The maximum atomic E-state index is 8.84. The zero-order valence-electron chi connectivity index (χ0n) is 7.87. The summed E-state index contributed by atoms with van der Waals surface area (Å²) in [6.07, 6.45) is 0. The number of anilines is 1. The van der Waals surface area contributed by atoms with E-state index in [2.05, 4.69) is 10.4 Å². The van der Waals surface area contributed by atoms with Crippen LogP contribution >= 0.6 is 11.5 Å². The molecule has 0 aliphatic heterocycles. The molecule has 1 heterocycles. The van der Waals surface area contributed by atoms with E-state index in [1.165, 1.54) is 11.5 Å². The predicted molar refractivity (Wildman–Crippen MR) is 51.6 cm³/mol. The number of hydrogen-bond donors (Lipinski definition) is 0. The van der Waals surface area contributed by atoms with Gasteiger partial charge in [0.1, 0.15) is 11.6 Å². The molecule has 13 heavy (non-hydrogen) atoms. The normalized spacial score (nSPS) is 9.69. The van der Waals surface area contributed by atoms with E-state index in [9.17, 15) is 0 Å². The van der Waals surface area contributed by atoms with Gasteiger partial charge in [-0.2, -0.15) is 9.64 Å². The third-order valence-corrected chi connectivity index (χ3v) is 2.56. The number of nitriles is 1. The van der Waals surface area contributed by atoms with Crippen molar-refractivity contribution in [2.45, 2.75) is 13.8 Å². The highest BCUT2D eigenvalue weighted by Crippen LogP contribution is 2.26. The lowest BCUT2D eigenvalue weighted by molar-refractivity contribution is 0.136. The van der Waals surface area contributed by atoms with Crippen molar-refractivity contribution in [2.75, 3.05) is 18.7 Å². The monoisotopic (exact) mass is 197 g/mol. The molecule has 0 saturated heterocycles. The van der Waals surface area contributed by atoms with Gasteiger partial charge in [-0.1, -0.05) is 0 Å². The van der Waals surface area contributed by atoms with Crippen molar-refractivity contribution in [1.29, 1.82) is 5.26 Å². The Morgan fingerprint density at radius 3 is 2.92 bits per heavy atom. The van der Waals surface area contributed by atoms with Crippen LogP contribution in [0.25, 0.3) is 0 Å². The SMILES string of the molecule is CCON(C)c1snc(C)c1C#N. The Bertz CT molecular complexity index is 329. The van der Waals surface area contributed by atoms with Gasteiger partial charge in [-0.25, -0.2) is 5.06 Å². The van der Waals surface area contributed by atoms with Crippen LogP contribution in [0.15, 0.2) is 0 Å². The van der Waals surface area contributed by atoms with E-state index in [0.29, 0.717) is 12.2 Å². The van der Waals surface area contributed by atoms with E-state index in [0.717, 1.165) is 10.7 Å². The maximum Gasteiger partial charge on any atom is 0.154 e. The molecule has 0 fully saturated rings. The van der Waals surface area contributed by atoms with Gasteiger partial charge in [-0.3, -0.25) is 4.84 Å². The third-order valence-electron chi connectivity index (χ3n) is 1.57. The van der Waals surface area contributed by atoms with Crippen LogP contribution in [0.1, 0.15) is 18.2 Å². The molecule has 0 amide bonds. The van der Waals surface area contributed by atoms with Gasteiger partial charge in [0.2, 0.25) is 0 Å². The lowest BCUT2D eigenvalue weighted by Gasteiger charge is -2.14. The minimum Gasteiger partial charge on any atom is -0.273 e. The smallest absolute Gasteiger partial charge is 0.154 e. The Labute approximate surface area is 81.5 Å². The molecule has 0 atom stereocenters. The van der Waals surface area contributed by atoms with Crippen molar-refractivity contribution in [2.24, 2.45) is 0 Å². The Morgan fingerprint density at radius 2 is 2.38 bits per heavy atom. The second kappa shape index (κ2) is 4.21. The molecule has 70 valence electrons. The molecular formula is C8H11N3OS. The van der Waals surface area contributed by atoms with E-state index >= 15 is 0 Å². The number of hydroxylamine groups is 1. The van der Waals surface area contributed by atoms with E-state index in [1.54, 1.807) is 12.1 Å². The second-order valence-corrected chi connectivity index (χ2v) is 3.23. The number of hydrogen-bond acceptors (Lipinski definition) is 5. The number of aryl methyl sites for hydroxylation is 1. The Kier molecular flexibility index (Phi) is 3.23. The van der Waals surface area contributed by atoms with Gasteiger partial charge < -0.3 is 0 Å². The van der Waals surface area contributed by atoms with Gasteiger partial charge in [-0.15, -0.1) is 0 Å². The molecule has 1 aromatic rings. The molecule has 0 N–H and O–H groups in total. The van der Waals surface area contributed by atoms with Crippen LogP contribution in [0, 0.1) is 18.3 Å². The average Bonchev–Trinajstić information content (AvgIpc) is 2.47. The first-order chi connectivity index (χ1) is 6.20. The van der Waals surface area contributed by atoms with Crippen LogP contribution in [-0.2, 0) is 4.84 Å². The first kappa shape index (κ1) is 9.96. The van der Waals surface area contributed by atoms with Gasteiger partial charge >= 0.3 is 0 Å². The van der Waals surface area contributed by atoms with Crippen molar-refractivity contribution >= 4 is 16.5 Å². The molecule has 0 unspecified atom stereocenters. The molecule has 0 bridgehead atoms. The fourth-order valence-electron chi connectivity index (χ4n) is 0.954. The molecule has 5 heteroatoms. The van der Waals surface area contributed by atoms with E-state index in [-0.39, 0.29) is 0 Å². The van der Waals surface area contributed by atoms with Crippen molar-refractivity contribution < 1.29 is 4.84 Å². The summed E-state index contributed by atoms with van der Waals surface area (Å²) in [4.78, 5) is 5.24. The molecule has 0 aliphatic carbocycles. The summed E-state index contributed by atoms with van der Waals surface area (Å²) in [6, 6.07) is 2.11. The fourth-order valence-corrected chi connectivity index (χ4v) is 1.72. The van der Waals surface area contributed by atoms with Gasteiger partial charge in [0.05, 0.1) is 12.3 Å². The predicted octanol–water partition coefficient (Wildman–Crippen LogP) is 1.71. The molecular weight excluding hydrogens is 186 g/mol.